The van der Waals surface area contributed by atoms with E-state index in [0.717, 1.165) is 19.4 Å². The first-order chi connectivity index (χ1) is 6.60. The highest BCUT2D eigenvalue weighted by Gasteiger charge is 2.39. The second kappa shape index (κ2) is 3.37. The molecule has 0 heterocycles. The monoisotopic (exact) mass is 190 g/mol. The van der Waals surface area contributed by atoms with Gasteiger partial charge < -0.3 is 10.6 Å². The lowest BCUT2D eigenvalue weighted by molar-refractivity contribution is 0.402. The van der Waals surface area contributed by atoms with Crippen molar-refractivity contribution >= 4 is 0 Å². The minimum atomic E-state index is 0.00230. The highest BCUT2D eigenvalue weighted by Crippen LogP contribution is 2.42. The Balaban J connectivity index is 2.19. The van der Waals surface area contributed by atoms with E-state index in [4.69, 9.17) is 5.73 Å². The number of benzene rings is 1. The summed E-state index contributed by atoms with van der Waals surface area (Å²) in [7, 11) is 4.17. The van der Waals surface area contributed by atoms with Crippen LogP contribution in [0.15, 0.2) is 24.3 Å². The molecule has 1 saturated carbocycles. The Bertz CT molecular complexity index is 327. The molecule has 0 aromatic heterocycles. The van der Waals surface area contributed by atoms with Gasteiger partial charge in [0.25, 0.3) is 0 Å². The largest absolute Gasteiger partial charge is 0.321 e. The SMILES string of the molecule is CN(C)Cc1cccc(C2(N)CC2)c1. The van der Waals surface area contributed by atoms with E-state index >= 15 is 0 Å². The van der Waals surface area contributed by atoms with Crippen molar-refractivity contribution in [3.63, 3.8) is 0 Å². The molecular weight excluding hydrogens is 172 g/mol. The third kappa shape index (κ3) is 1.97. The van der Waals surface area contributed by atoms with Gasteiger partial charge in [-0.15, -0.1) is 0 Å². The molecule has 0 amide bonds. The van der Waals surface area contributed by atoms with E-state index in [2.05, 4.69) is 43.3 Å². The van der Waals surface area contributed by atoms with E-state index in [0.29, 0.717) is 0 Å². The Labute approximate surface area is 85.7 Å². The zero-order valence-corrected chi connectivity index (χ0v) is 8.96. The predicted molar refractivity (Wildman–Crippen MR) is 58.9 cm³/mol. The second-order valence-electron chi connectivity index (χ2n) is 4.59. The van der Waals surface area contributed by atoms with Gasteiger partial charge in [-0.25, -0.2) is 0 Å². The lowest BCUT2D eigenvalue weighted by Crippen LogP contribution is -2.19. The van der Waals surface area contributed by atoms with E-state index in [1.807, 2.05) is 0 Å². The molecule has 0 unspecified atom stereocenters. The van der Waals surface area contributed by atoms with Gasteiger partial charge in [0.15, 0.2) is 0 Å². The summed E-state index contributed by atoms with van der Waals surface area (Å²) in [6, 6.07) is 8.66. The molecule has 2 heteroatoms. The molecule has 0 bridgehead atoms. The van der Waals surface area contributed by atoms with Gasteiger partial charge in [0, 0.05) is 12.1 Å². The zero-order chi connectivity index (χ0) is 10.2. The van der Waals surface area contributed by atoms with Crippen molar-refractivity contribution in [3.8, 4) is 0 Å². The summed E-state index contributed by atoms with van der Waals surface area (Å²) < 4.78 is 0. The van der Waals surface area contributed by atoms with Gasteiger partial charge in [0.05, 0.1) is 0 Å². The van der Waals surface area contributed by atoms with Crippen LogP contribution in [-0.2, 0) is 12.1 Å². The van der Waals surface area contributed by atoms with Crippen LogP contribution in [0.5, 0.6) is 0 Å². The predicted octanol–water partition coefficient (Wildman–Crippen LogP) is 1.70. The fourth-order valence-electron chi connectivity index (χ4n) is 1.77. The molecule has 0 radical (unpaired) electrons. The summed E-state index contributed by atoms with van der Waals surface area (Å²) >= 11 is 0. The molecule has 76 valence electrons. The van der Waals surface area contributed by atoms with Crippen molar-refractivity contribution in [2.75, 3.05) is 14.1 Å². The highest BCUT2D eigenvalue weighted by molar-refractivity contribution is 5.33. The fraction of sp³-hybridized carbons (Fsp3) is 0.500. The van der Waals surface area contributed by atoms with Gasteiger partial charge in [0.2, 0.25) is 0 Å². The first kappa shape index (κ1) is 9.69. The van der Waals surface area contributed by atoms with Crippen molar-refractivity contribution in [3.05, 3.63) is 35.4 Å². The fourth-order valence-corrected chi connectivity index (χ4v) is 1.77. The van der Waals surface area contributed by atoms with Crippen molar-refractivity contribution < 1.29 is 0 Å². The van der Waals surface area contributed by atoms with E-state index < -0.39 is 0 Å². The van der Waals surface area contributed by atoms with Crippen LogP contribution < -0.4 is 5.73 Å². The molecule has 1 fully saturated rings. The lowest BCUT2D eigenvalue weighted by Gasteiger charge is -2.13. The maximum absolute atomic E-state index is 6.15. The van der Waals surface area contributed by atoms with Crippen LogP contribution in [0.3, 0.4) is 0 Å². The van der Waals surface area contributed by atoms with Gasteiger partial charge in [-0.3, -0.25) is 0 Å². The maximum atomic E-state index is 6.15. The van der Waals surface area contributed by atoms with E-state index in [1.165, 1.54) is 11.1 Å². The van der Waals surface area contributed by atoms with Crippen molar-refractivity contribution in [1.29, 1.82) is 0 Å². The average Bonchev–Trinajstić information content (AvgIpc) is 2.84. The Morgan fingerprint density at radius 1 is 1.36 bits per heavy atom. The molecule has 2 N–H and O–H groups in total. The Morgan fingerprint density at radius 2 is 2.07 bits per heavy atom. The van der Waals surface area contributed by atoms with Crippen LogP contribution in [0, 0.1) is 0 Å². The standard InChI is InChI=1S/C12H18N2/c1-14(2)9-10-4-3-5-11(8-10)12(13)6-7-12/h3-5,8H,6-7,9,13H2,1-2H3. The van der Waals surface area contributed by atoms with Gasteiger partial charge in [-0.2, -0.15) is 0 Å². The molecule has 14 heavy (non-hydrogen) atoms. The summed E-state index contributed by atoms with van der Waals surface area (Å²) in [6.45, 7) is 0.990. The smallest absolute Gasteiger partial charge is 0.0411 e. The molecule has 1 aromatic rings. The molecule has 0 saturated heterocycles. The molecule has 1 aromatic carbocycles. The summed E-state index contributed by atoms with van der Waals surface area (Å²) in [5, 5.41) is 0. The number of rotatable bonds is 3. The molecule has 2 rings (SSSR count). The van der Waals surface area contributed by atoms with Gasteiger partial charge in [-0.05, 0) is 38.1 Å². The average molecular weight is 190 g/mol. The Hall–Kier alpha value is -0.860. The summed E-state index contributed by atoms with van der Waals surface area (Å²) in [6.07, 6.45) is 2.27. The van der Waals surface area contributed by atoms with Crippen molar-refractivity contribution in [1.82, 2.24) is 4.90 Å². The van der Waals surface area contributed by atoms with E-state index in [9.17, 15) is 0 Å². The second-order valence-corrected chi connectivity index (χ2v) is 4.59. The highest BCUT2D eigenvalue weighted by atomic mass is 15.0. The van der Waals surface area contributed by atoms with E-state index in [1.54, 1.807) is 0 Å². The molecule has 0 spiro atoms. The minimum absolute atomic E-state index is 0.00230. The van der Waals surface area contributed by atoms with Crippen LogP contribution in [0.1, 0.15) is 24.0 Å². The van der Waals surface area contributed by atoms with Crippen LogP contribution >= 0.6 is 0 Å². The topological polar surface area (TPSA) is 29.3 Å². The minimum Gasteiger partial charge on any atom is -0.321 e. The molecule has 0 atom stereocenters. The van der Waals surface area contributed by atoms with Gasteiger partial charge in [0.1, 0.15) is 0 Å². The Kier molecular flexibility index (Phi) is 2.33. The summed E-state index contributed by atoms with van der Waals surface area (Å²) in [4.78, 5) is 2.18. The van der Waals surface area contributed by atoms with Gasteiger partial charge in [-0.1, -0.05) is 24.3 Å². The van der Waals surface area contributed by atoms with Crippen LogP contribution in [0.25, 0.3) is 0 Å². The lowest BCUT2D eigenvalue weighted by atomic mass is 10.0. The molecule has 1 aliphatic carbocycles. The van der Waals surface area contributed by atoms with Gasteiger partial charge >= 0.3 is 0 Å². The molecule has 0 aliphatic heterocycles. The van der Waals surface area contributed by atoms with Crippen LogP contribution in [0.4, 0.5) is 0 Å². The zero-order valence-electron chi connectivity index (χ0n) is 8.96. The first-order valence-electron chi connectivity index (χ1n) is 5.13. The van der Waals surface area contributed by atoms with Crippen LogP contribution in [0.2, 0.25) is 0 Å². The van der Waals surface area contributed by atoms with Crippen LogP contribution in [-0.4, -0.2) is 19.0 Å². The van der Waals surface area contributed by atoms with Crippen molar-refractivity contribution in [2.24, 2.45) is 5.73 Å². The number of hydrogen-bond donors (Lipinski definition) is 1. The molecular formula is C12H18N2. The third-order valence-electron chi connectivity index (χ3n) is 2.79. The van der Waals surface area contributed by atoms with Crippen molar-refractivity contribution in [2.45, 2.75) is 24.9 Å². The number of nitrogens with two attached hydrogens (primary N) is 1. The normalized spacial score (nSPS) is 18.6. The number of hydrogen-bond acceptors (Lipinski definition) is 2. The Morgan fingerprint density at radius 3 is 2.64 bits per heavy atom. The first-order valence-corrected chi connectivity index (χ1v) is 5.13. The molecule has 1 aliphatic rings. The summed E-state index contributed by atoms with van der Waals surface area (Å²) in [5.74, 6) is 0. The quantitative estimate of drug-likeness (QED) is 0.786. The summed E-state index contributed by atoms with van der Waals surface area (Å²) in [5.41, 5.74) is 8.81. The number of nitrogens with zero attached hydrogens (tertiary/aromatic N) is 1. The molecule has 2 nitrogen and oxygen atoms in total. The van der Waals surface area contributed by atoms with E-state index in [-0.39, 0.29) is 5.54 Å². The third-order valence-corrected chi connectivity index (χ3v) is 2.79. The maximum Gasteiger partial charge on any atom is 0.0411 e.